The van der Waals surface area contributed by atoms with Gasteiger partial charge in [-0.15, -0.1) is 0 Å². The molecule has 50 heavy (non-hydrogen) atoms. The van der Waals surface area contributed by atoms with Crippen molar-refractivity contribution in [3.8, 4) is 45.6 Å². The van der Waals surface area contributed by atoms with E-state index in [1.165, 1.54) is 30.4 Å². The molecular formula is C44H34N6. The van der Waals surface area contributed by atoms with Crippen LogP contribution in [0.3, 0.4) is 0 Å². The number of benzene rings is 4. The molecule has 1 fully saturated rings. The van der Waals surface area contributed by atoms with Gasteiger partial charge in [0.05, 0.1) is 22.4 Å². The molecule has 1 aliphatic carbocycles. The van der Waals surface area contributed by atoms with Gasteiger partial charge in [-0.3, -0.25) is 9.97 Å². The Labute approximate surface area is 291 Å². The Hall–Kier alpha value is -6.14. The first kappa shape index (κ1) is 30.0. The van der Waals surface area contributed by atoms with E-state index in [-0.39, 0.29) is 5.41 Å². The first-order valence-electron chi connectivity index (χ1n) is 17.3. The Bertz CT molecular complexity index is 2270. The molecule has 0 amide bonds. The maximum Gasteiger partial charge on any atom is 0.160 e. The fourth-order valence-electron chi connectivity index (χ4n) is 7.58. The highest BCUT2D eigenvalue weighted by Gasteiger charge is 2.35. The van der Waals surface area contributed by atoms with E-state index in [2.05, 4.69) is 70.6 Å². The summed E-state index contributed by atoms with van der Waals surface area (Å²) in [5.41, 5.74) is 9.79. The van der Waals surface area contributed by atoms with Crippen molar-refractivity contribution in [2.24, 2.45) is 0 Å². The van der Waals surface area contributed by atoms with Crippen LogP contribution >= 0.6 is 0 Å². The highest BCUT2D eigenvalue weighted by molar-refractivity contribution is 5.93. The fourth-order valence-corrected chi connectivity index (χ4v) is 7.58. The van der Waals surface area contributed by atoms with Crippen LogP contribution in [0.2, 0.25) is 0 Å². The molecule has 0 radical (unpaired) electrons. The summed E-state index contributed by atoms with van der Waals surface area (Å²) >= 11 is 0. The lowest BCUT2D eigenvalue weighted by atomic mass is 9.65. The van der Waals surface area contributed by atoms with Crippen LogP contribution in [0, 0.1) is 0 Å². The molecule has 1 saturated carbocycles. The van der Waals surface area contributed by atoms with Gasteiger partial charge in [-0.1, -0.05) is 116 Å². The molecule has 0 atom stereocenters. The molecule has 4 aromatic carbocycles. The Morgan fingerprint density at radius 3 is 1.28 bits per heavy atom. The third-order valence-electron chi connectivity index (χ3n) is 10.1. The molecule has 0 bridgehead atoms. The van der Waals surface area contributed by atoms with E-state index in [0.29, 0.717) is 11.6 Å². The molecule has 4 heterocycles. The average Bonchev–Trinajstić information content (AvgIpc) is 3.21. The van der Waals surface area contributed by atoms with Crippen LogP contribution in [-0.2, 0) is 5.41 Å². The molecule has 0 spiro atoms. The number of pyridine rings is 2. The zero-order chi connectivity index (χ0) is 33.3. The quantitative estimate of drug-likeness (QED) is 0.179. The number of para-hydroxylation sites is 2. The van der Waals surface area contributed by atoms with Gasteiger partial charge in [0.15, 0.2) is 11.6 Å². The SMILES string of the molecule is c1ccc(-c2nc(-c3ccc(C4(c5ccc(-c6nc(-c7ccccn7)c7ccccc7n6)cc5)CCCCC4)cc3)nc3ccccc23)nc1. The zero-order valence-corrected chi connectivity index (χ0v) is 27.6. The van der Waals surface area contributed by atoms with Crippen molar-refractivity contribution in [3.05, 3.63) is 157 Å². The number of hydrogen-bond acceptors (Lipinski definition) is 6. The smallest absolute Gasteiger partial charge is 0.160 e. The van der Waals surface area contributed by atoms with Crippen LogP contribution in [0.4, 0.5) is 0 Å². The molecule has 0 saturated heterocycles. The highest BCUT2D eigenvalue weighted by Crippen LogP contribution is 2.45. The van der Waals surface area contributed by atoms with Crippen LogP contribution in [0.5, 0.6) is 0 Å². The van der Waals surface area contributed by atoms with Gasteiger partial charge in [-0.25, -0.2) is 19.9 Å². The number of aromatic nitrogens is 6. The summed E-state index contributed by atoms with van der Waals surface area (Å²) in [6.07, 6.45) is 9.51. The van der Waals surface area contributed by atoms with E-state index in [1.807, 2.05) is 85.2 Å². The maximum absolute atomic E-state index is 5.05. The van der Waals surface area contributed by atoms with Crippen molar-refractivity contribution >= 4 is 21.8 Å². The van der Waals surface area contributed by atoms with Crippen LogP contribution < -0.4 is 0 Å². The topological polar surface area (TPSA) is 77.3 Å². The maximum atomic E-state index is 5.05. The Morgan fingerprint density at radius 2 is 0.840 bits per heavy atom. The Kier molecular flexibility index (Phi) is 7.62. The summed E-state index contributed by atoms with van der Waals surface area (Å²) in [5.74, 6) is 1.41. The number of nitrogens with zero attached hydrogens (tertiary/aromatic N) is 6. The van der Waals surface area contributed by atoms with E-state index >= 15 is 0 Å². The lowest BCUT2D eigenvalue weighted by molar-refractivity contribution is 0.346. The predicted octanol–water partition coefficient (Wildman–Crippen LogP) is 10.3. The number of rotatable bonds is 6. The Morgan fingerprint density at radius 1 is 0.400 bits per heavy atom. The van der Waals surface area contributed by atoms with Gasteiger partial charge in [-0.2, -0.15) is 0 Å². The average molecular weight is 647 g/mol. The van der Waals surface area contributed by atoms with E-state index in [4.69, 9.17) is 19.9 Å². The molecule has 6 nitrogen and oxygen atoms in total. The molecule has 6 heteroatoms. The summed E-state index contributed by atoms with van der Waals surface area (Å²) in [4.78, 5) is 29.3. The molecule has 1 aliphatic rings. The second-order valence-electron chi connectivity index (χ2n) is 13.1. The normalized spacial score (nSPS) is 14.2. The molecular weight excluding hydrogens is 613 g/mol. The summed E-state index contributed by atoms with van der Waals surface area (Å²) < 4.78 is 0. The molecule has 8 aromatic rings. The molecule has 0 aliphatic heterocycles. The third-order valence-corrected chi connectivity index (χ3v) is 10.1. The number of fused-ring (bicyclic) bond motifs is 2. The minimum absolute atomic E-state index is 0.0674. The predicted molar refractivity (Wildman–Crippen MR) is 200 cm³/mol. The lowest BCUT2D eigenvalue weighted by Gasteiger charge is -2.39. The molecule has 0 N–H and O–H groups in total. The molecule has 0 unspecified atom stereocenters. The second kappa shape index (κ2) is 12.7. The summed E-state index contributed by atoms with van der Waals surface area (Å²) in [7, 11) is 0. The minimum Gasteiger partial charge on any atom is -0.255 e. The Balaban J connectivity index is 1.08. The first-order chi connectivity index (χ1) is 24.7. The van der Waals surface area contributed by atoms with E-state index in [1.54, 1.807) is 0 Å². The first-order valence-corrected chi connectivity index (χ1v) is 17.3. The van der Waals surface area contributed by atoms with Crippen molar-refractivity contribution in [1.29, 1.82) is 0 Å². The fraction of sp³-hybridized carbons (Fsp3) is 0.136. The van der Waals surface area contributed by atoms with Crippen LogP contribution in [0.25, 0.3) is 67.4 Å². The highest BCUT2D eigenvalue weighted by atomic mass is 14.9. The van der Waals surface area contributed by atoms with Gasteiger partial charge in [0, 0.05) is 39.7 Å². The summed E-state index contributed by atoms with van der Waals surface area (Å²) in [6.45, 7) is 0. The van der Waals surface area contributed by atoms with Gasteiger partial charge >= 0.3 is 0 Å². The van der Waals surface area contributed by atoms with Crippen LogP contribution in [-0.4, -0.2) is 29.9 Å². The van der Waals surface area contributed by atoms with Crippen LogP contribution in [0.15, 0.2) is 146 Å². The van der Waals surface area contributed by atoms with Gasteiger partial charge < -0.3 is 0 Å². The van der Waals surface area contributed by atoms with Gasteiger partial charge in [-0.05, 0) is 60.4 Å². The monoisotopic (exact) mass is 646 g/mol. The van der Waals surface area contributed by atoms with Crippen molar-refractivity contribution in [2.45, 2.75) is 37.5 Å². The molecule has 9 rings (SSSR count). The largest absolute Gasteiger partial charge is 0.255 e. The van der Waals surface area contributed by atoms with E-state index in [9.17, 15) is 0 Å². The second-order valence-corrected chi connectivity index (χ2v) is 13.1. The zero-order valence-electron chi connectivity index (χ0n) is 27.6. The van der Waals surface area contributed by atoms with Crippen molar-refractivity contribution < 1.29 is 0 Å². The van der Waals surface area contributed by atoms with Gasteiger partial charge in [0.2, 0.25) is 0 Å². The number of hydrogen-bond donors (Lipinski definition) is 0. The van der Waals surface area contributed by atoms with Gasteiger partial charge in [0.1, 0.15) is 11.4 Å². The molecule has 4 aromatic heterocycles. The van der Waals surface area contributed by atoms with E-state index < -0.39 is 0 Å². The third kappa shape index (κ3) is 5.39. The summed E-state index contributed by atoms with van der Waals surface area (Å²) in [6, 6.07) is 46.1. The minimum atomic E-state index is -0.0674. The van der Waals surface area contributed by atoms with Gasteiger partial charge in [0.25, 0.3) is 0 Å². The van der Waals surface area contributed by atoms with Crippen molar-refractivity contribution in [2.75, 3.05) is 0 Å². The van der Waals surface area contributed by atoms with Crippen LogP contribution in [0.1, 0.15) is 43.2 Å². The standard InChI is InChI=1S/C44H34N6/c1-8-26-44(27-9-1,32-22-18-30(19-23-32)42-47-36-14-4-2-12-34(36)40(49-42)38-16-6-10-28-45-38)33-24-20-31(21-25-33)43-48-37-15-5-3-13-35(37)41(50-43)39-17-7-11-29-46-39/h2-7,10-25,28-29H,1,8-9,26-27H2. The van der Waals surface area contributed by atoms with Crippen molar-refractivity contribution in [1.82, 2.24) is 29.9 Å². The van der Waals surface area contributed by atoms with E-state index in [0.717, 1.165) is 68.6 Å². The lowest BCUT2D eigenvalue weighted by Crippen LogP contribution is -2.30. The summed E-state index contributed by atoms with van der Waals surface area (Å²) in [5, 5.41) is 2.00. The molecule has 240 valence electrons. The van der Waals surface area contributed by atoms with Crippen molar-refractivity contribution in [3.63, 3.8) is 0 Å².